The molecule has 0 saturated heterocycles. The molecule has 0 radical (unpaired) electrons. The minimum atomic E-state index is -4.53. The maximum Gasteiger partial charge on any atom is 0.416 e. The lowest BCUT2D eigenvalue weighted by Crippen LogP contribution is -2.13. The van der Waals surface area contributed by atoms with Crippen LogP contribution in [0.25, 0.3) is 11.4 Å². The summed E-state index contributed by atoms with van der Waals surface area (Å²) < 4.78 is 37.4. The number of alkyl halides is 4. The van der Waals surface area contributed by atoms with Crippen molar-refractivity contribution in [2.24, 2.45) is 5.73 Å². The molecule has 0 saturated carbocycles. The standard InChI is InChI=1S/C10H8IN3.C8H5ClF3NO/c11-7-9-10(14-6-5-13-9)8-3-1-2-4-12-8;9-6-2-4(7(13)14)1-5(3-6)8(10,11)12/h1-6H,7H2;1-3H,(H2,13,14). The number of nitrogens with zero attached hydrogens (tertiary/aromatic N) is 3. The van der Waals surface area contributed by atoms with Crippen LogP contribution in [0.2, 0.25) is 5.02 Å². The highest BCUT2D eigenvalue weighted by atomic mass is 127. The monoisotopic (exact) mass is 520 g/mol. The van der Waals surface area contributed by atoms with E-state index < -0.39 is 17.6 Å². The van der Waals surface area contributed by atoms with Gasteiger partial charge in [0.05, 0.1) is 17.0 Å². The van der Waals surface area contributed by atoms with Crippen molar-refractivity contribution in [2.45, 2.75) is 10.6 Å². The summed E-state index contributed by atoms with van der Waals surface area (Å²) in [6.45, 7) is 0. The highest BCUT2D eigenvalue weighted by Gasteiger charge is 2.31. The number of rotatable bonds is 3. The highest BCUT2D eigenvalue weighted by molar-refractivity contribution is 14.1. The molecule has 10 heteroatoms. The van der Waals surface area contributed by atoms with E-state index >= 15 is 0 Å². The Balaban J connectivity index is 0.000000200. The molecule has 2 aromatic heterocycles. The van der Waals surface area contributed by atoms with Gasteiger partial charge in [-0.3, -0.25) is 19.7 Å². The SMILES string of the molecule is ICc1nccnc1-c1ccccn1.NC(=O)c1cc(Cl)cc(C(F)(F)F)c1. The third-order valence-electron chi connectivity index (χ3n) is 3.32. The molecule has 0 spiro atoms. The molecule has 146 valence electrons. The Morgan fingerprint density at radius 2 is 1.79 bits per heavy atom. The van der Waals surface area contributed by atoms with E-state index in [9.17, 15) is 18.0 Å². The Morgan fingerprint density at radius 3 is 2.36 bits per heavy atom. The van der Waals surface area contributed by atoms with Gasteiger partial charge in [-0.05, 0) is 30.3 Å². The second-order valence-electron chi connectivity index (χ2n) is 5.29. The number of amides is 1. The third-order valence-corrected chi connectivity index (χ3v) is 4.26. The van der Waals surface area contributed by atoms with Crippen LogP contribution in [0.5, 0.6) is 0 Å². The summed E-state index contributed by atoms with van der Waals surface area (Å²) in [5.41, 5.74) is 6.32. The molecule has 0 aliphatic heterocycles. The lowest BCUT2D eigenvalue weighted by molar-refractivity contribution is -0.137. The van der Waals surface area contributed by atoms with Gasteiger partial charge in [0.25, 0.3) is 0 Å². The smallest absolute Gasteiger partial charge is 0.366 e. The Hall–Kier alpha value is -2.27. The summed E-state index contributed by atoms with van der Waals surface area (Å²) in [4.78, 5) is 23.4. The average molecular weight is 521 g/mol. The minimum Gasteiger partial charge on any atom is -0.366 e. The van der Waals surface area contributed by atoms with E-state index in [2.05, 4.69) is 37.5 Å². The number of carbonyl (C=O) groups excluding carboxylic acids is 1. The van der Waals surface area contributed by atoms with Gasteiger partial charge in [0.15, 0.2) is 0 Å². The Kier molecular flexibility index (Phi) is 7.69. The number of hydrogen-bond acceptors (Lipinski definition) is 4. The molecule has 0 unspecified atom stereocenters. The van der Waals surface area contributed by atoms with Crippen molar-refractivity contribution < 1.29 is 18.0 Å². The number of primary amides is 1. The topological polar surface area (TPSA) is 81.8 Å². The van der Waals surface area contributed by atoms with Crippen LogP contribution in [0.15, 0.2) is 55.0 Å². The largest absolute Gasteiger partial charge is 0.416 e. The lowest BCUT2D eigenvalue weighted by Gasteiger charge is -2.07. The first-order chi connectivity index (χ1) is 13.2. The van der Waals surface area contributed by atoms with Crippen LogP contribution >= 0.6 is 34.2 Å². The summed E-state index contributed by atoms with van der Waals surface area (Å²) in [7, 11) is 0. The van der Waals surface area contributed by atoms with Gasteiger partial charge in [0.1, 0.15) is 5.69 Å². The van der Waals surface area contributed by atoms with Gasteiger partial charge < -0.3 is 5.73 Å². The molecule has 3 aromatic rings. The van der Waals surface area contributed by atoms with Crippen LogP contribution in [0.3, 0.4) is 0 Å². The lowest BCUT2D eigenvalue weighted by atomic mass is 10.1. The van der Waals surface area contributed by atoms with Crippen molar-refractivity contribution in [3.63, 3.8) is 0 Å². The number of aromatic nitrogens is 3. The van der Waals surface area contributed by atoms with Gasteiger partial charge >= 0.3 is 6.18 Å². The summed E-state index contributed by atoms with van der Waals surface area (Å²) in [6.07, 6.45) is 0.635. The van der Waals surface area contributed by atoms with E-state index in [0.29, 0.717) is 6.07 Å². The molecule has 2 heterocycles. The van der Waals surface area contributed by atoms with Gasteiger partial charge in [-0.2, -0.15) is 13.2 Å². The van der Waals surface area contributed by atoms with Crippen molar-refractivity contribution in [3.8, 4) is 11.4 Å². The third kappa shape index (κ3) is 6.13. The normalized spacial score (nSPS) is 10.8. The average Bonchev–Trinajstić information content (AvgIpc) is 2.68. The van der Waals surface area contributed by atoms with Crippen molar-refractivity contribution >= 4 is 40.1 Å². The fraction of sp³-hybridized carbons (Fsp3) is 0.111. The van der Waals surface area contributed by atoms with Crippen LogP contribution in [0.1, 0.15) is 21.6 Å². The molecule has 28 heavy (non-hydrogen) atoms. The van der Waals surface area contributed by atoms with Crippen molar-refractivity contribution in [3.05, 3.63) is 76.8 Å². The summed E-state index contributed by atoms with van der Waals surface area (Å²) >= 11 is 7.67. The van der Waals surface area contributed by atoms with Gasteiger partial charge in [0.2, 0.25) is 5.91 Å². The van der Waals surface area contributed by atoms with E-state index in [4.69, 9.17) is 17.3 Å². The Labute approximate surface area is 177 Å². The van der Waals surface area contributed by atoms with Gasteiger partial charge in [-0.15, -0.1) is 0 Å². The highest BCUT2D eigenvalue weighted by Crippen LogP contribution is 2.31. The second kappa shape index (κ2) is 9.78. The minimum absolute atomic E-state index is 0.173. The Morgan fingerprint density at radius 1 is 1.07 bits per heavy atom. The van der Waals surface area contributed by atoms with Crippen LogP contribution in [0.4, 0.5) is 13.2 Å². The summed E-state index contributed by atoms with van der Waals surface area (Å²) in [5.74, 6) is -0.946. The van der Waals surface area contributed by atoms with Gasteiger partial charge in [0, 0.05) is 33.6 Å². The molecule has 0 atom stereocenters. The molecule has 0 aliphatic rings. The predicted molar refractivity (Wildman–Crippen MR) is 108 cm³/mol. The van der Waals surface area contributed by atoms with E-state index in [1.54, 1.807) is 18.6 Å². The van der Waals surface area contributed by atoms with E-state index in [0.717, 1.165) is 33.6 Å². The first kappa shape index (κ1) is 22.0. The molecule has 2 N–H and O–H groups in total. The van der Waals surface area contributed by atoms with Crippen LogP contribution in [0, 0.1) is 0 Å². The maximum absolute atomic E-state index is 12.2. The Bertz CT molecular complexity index is 955. The van der Waals surface area contributed by atoms with E-state index in [1.807, 2.05) is 18.2 Å². The van der Waals surface area contributed by atoms with Gasteiger partial charge in [-0.1, -0.05) is 40.3 Å². The van der Waals surface area contributed by atoms with E-state index in [1.165, 1.54) is 0 Å². The molecule has 1 amide bonds. The molecule has 0 aliphatic carbocycles. The quantitative estimate of drug-likeness (QED) is 0.392. The van der Waals surface area contributed by atoms with Crippen LogP contribution in [-0.4, -0.2) is 20.9 Å². The van der Waals surface area contributed by atoms with Crippen molar-refractivity contribution in [2.75, 3.05) is 0 Å². The molecule has 0 fully saturated rings. The van der Waals surface area contributed by atoms with E-state index in [-0.39, 0.29) is 10.6 Å². The van der Waals surface area contributed by atoms with Gasteiger partial charge in [-0.25, -0.2) is 0 Å². The fourth-order valence-electron chi connectivity index (χ4n) is 2.08. The molecule has 0 bridgehead atoms. The molecule has 3 rings (SSSR count). The number of halogens is 5. The number of nitrogens with two attached hydrogens (primary N) is 1. The molecule has 5 nitrogen and oxygen atoms in total. The predicted octanol–water partition coefficient (Wildman–Crippen LogP) is 4.93. The fourth-order valence-corrected chi connectivity index (χ4v) is 2.87. The second-order valence-corrected chi connectivity index (χ2v) is 6.49. The number of pyridine rings is 1. The first-order valence-electron chi connectivity index (χ1n) is 7.67. The molecule has 1 aromatic carbocycles. The zero-order valence-corrected chi connectivity index (χ0v) is 17.0. The first-order valence-corrected chi connectivity index (χ1v) is 9.57. The number of carbonyl (C=O) groups is 1. The molecular formula is C18H13ClF3IN4O. The zero-order chi connectivity index (χ0) is 20.7. The maximum atomic E-state index is 12.2. The molecular weight excluding hydrogens is 508 g/mol. The summed E-state index contributed by atoms with van der Waals surface area (Å²) in [6, 6.07) is 8.26. The number of benzene rings is 1. The van der Waals surface area contributed by atoms with Crippen molar-refractivity contribution in [1.82, 2.24) is 15.0 Å². The number of hydrogen-bond donors (Lipinski definition) is 1. The zero-order valence-electron chi connectivity index (χ0n) is 14.1. The van der Waals surface area contributed by atoms with Crippen LogP contribution in [-0.2, 0) is 10.6 Å². The van der Waals surface area contributed by atoms with Crippen LogP contribution < -0.4 is 5.73 Å². The van der Waals surface area contributed by atoms with Crippen molar-refractivity contribution in [1.29, 1.82) is 0 Å². The summed E-state index contributed by atoms with van der Waals surface area (Å²) in [5, 5.41) is -0.173.